The highest BCUT2D eigenvalue weighted by Crippen LogP contribution is 2.35. The average Bonchev–Trinajstić information content (AvgIpc) is 2.80. The van der Waals surface area contributed by atoms with Crippen molar-refractivity contribution >= 4 is 11.9 Å². The minimum Gasteiger partial charge on any atom is -0.480 e. The van der Waals surface area contributed by atoms with Gasteiger partial charge in [-0.15, -0.1) is 0 Å². The number of rotatable bonds is 3. The van der Waals surface area contributed by atoms with Crippen LogP contribution in [-0.2, 0) is 16.0 Å². The third kappa shape index (κ3) is 2.74. The molecule has 4 nitrogen and oxygen atoms in total. The smallest absolute Gasteiger partial charge is 0.329 e. The van der Waals surface area contributed by atoms with Crippen LogP contribution in [0.25, 0.3) is 0 Å². The lowest BCUT2D eigenvalue weighted by molar-refractivity contribution is -0.148. The molecule has 2 N–H and O–H groups in total. The maximum atomic E-state index is 12.7. The predicted octanol–water partition coefficient (Wildman–Crippen LogP) is 3.01. The molecular weight excluding hydrogens is 278 g/mol. The molecule has 1 saturated carbocycles. The Morgan fingerprint density at radius 1 is 1.09 bits per heavy atom. The summed E-state index contributed by atoms with van der Waals surface area (Å²) in [6.07, 6.45) is 6.61. The van der Waals surface area contributed by atoms with Crippen LogP contribution in [0.2, 0.25) is 0 Å². The number of hydrogen-bond donors (Lipinski definition) is 2. The standard InChI is InChI=1S/C18H23NO3/c20-16(15-10-9-13-7-3-4-8-14(13)15)19-18(17(21)22)11-5-1-2-6-12-18/h3-4,7-8,15H,1-2,5-6,9-12H2,(H,19,20)(H,21,22). The van der Waals surface area contributed by atoms with Crippen molar-refractivity contribution in [3.05, 3.63) is 35.4 Å². The highest BCUT2D eigenvalue weighted by Gasteiger charge is 2.42. The highest BCUT2D eigenvalue weighted by molar-refractivity contribution is 5.91. The van der Waals surface area contributed by atoms with Gasteiger partial charge in [-0.3, -0.25) is 4.79 Å². The number of aryl methyl sites for hydroxylation is 1. The first-order chi connectivity index (χ1) is 10.6. The fraction of sp³-hybridized carbons (Fsp3) is 0.556. The van der Waals surface area contributed by atoms with Crippen LogP contribution in [0.15, 0.2) is 24.3 Å². The van der Waals surface area contributed by atoms with E-state index in [-0.39, 0.29) is 11.8 Å². The van der Waals surface area contributed by atoms with E-state index >= 15 is 0 Å². The van der Waals surface area contributed by atoms with Gasteiger partial charge in [0.25, 0.3) is 0 Å². The molecule has 1 amide bonds. The highest BCUT2D eigenvalue weighted by atomic mass is 16.4. The Balaban J connectivity index is 1.79. The number of aliphatic carboxylic acids is 1. The average molecular weight is 301 g/mol. The molecule has 22 heavy (non-hydrogen) atoms. The molecule has 0 heterocycles. The largest absolute Gasteiger partial charge is 0.480 e. The first-order valence-corrected chi connectivity index (χ1v) is 8.26. The Morgan fingerprint density at radius 2 is 1.77 bits per heavy atom. The summed E-state index contributed by atoms with van der Waals surface area (Å²) in [7, 11) is 0. The normalized spacial score (nSPS) is 23.4. The maximum Gasteiger partial charge on any atom is 0.329 e. The summed E-state index contributed by atoms with van der Waals surface area (Å²) in [5.74, 6) is -1.20. The molecule has 4 heteroatoms. The molecule has 118 valence electrons. The Hall–Kier alpha value is -1.84. The van der Waals surface area contributed by atoms with Gasteiger partial charge in [0.1, 0.15) is 5.54 Å². The van der Waals surface area contributed by atoms with E-state index in [1.54, 1.807) is 0 Å². The van der Waals surface area contributed by atoms with Gasteiger partial charge < -0.3 is 10.4 Å². The zero-order valence-corrected chi connectivity index (χ0v) is 12.8. The van der Waals surface area contributed by atoms with Crippen LogP contribution in [-0.4, -0.2) is 22.5 Å². The third-order valence-corrected chi connectivity index (χ3v) is 5.18. The lowest BCUT2D eigenvalue weighted by atomic mass is 9.88. The molecular formula is C18H23NO3. The van der Waals surface area contributed by atoms with E-state index in [1.165, 1.54) is 5.56 Å². The molecule has 1 atom stereocenters. The Labute approximate surface area is 130 Å². The van der Waals surface area contributed by atoms with Crippen LogP contribution in [0.4, 0.5) is 0 Å². The molecule has 1 fully saturated rings. The number of hydrogen-bond acceptors (Lipinski definition) is 2. The zero-order valence-electron chi connectivity index (χ0n) is 12.8. The Kier molecular flexibility index (Phi) is 4.19. The lowest BCUT2D eigenvalue weighted by Gasteiger charge is -2.30. The number of fused-ring (bicyclic) bond motifs is 1. The molecule has 0 aromatic heterocycles. The summed E-state index contributed by atoms with van der Waals surface area (Å²) in [6, 6.07) is 7.99. The van der Waals surface area contributed by atoms with E-state index in [1.807, 2.05) is 18.2 Å². The molecule has 3 rings (SSSR count). The first-order valence-electron chi connectivity index (χ1n) is 8.26. The number of carbonyl (C=O) groups is 2. The number of nitrogens with one attached hydrogen (secondary N) is 1. The van der Waals surface area contributed by atoms with E-state index in [4.69, 9.17) is 0 Å². The quantitative estimate of drug-likeness (QED) is 0.843. The van der Waals surface area contributed by atoms with Crippen LogP contribution >= 0.6 is 0 Å². The second-order valence-electron chi connectivity index (χ2n) is 6.58. The minimum absolute atomic E-state index is 0.116. The number of benzene rings is 1. The van der Waals surface area contributed by atoms with Gasteiger partial charge in [-0.2, -0.15) is 0 Å². The van der Waals surface area contributed by atoms with Crippen molar-refractivity contribution in [1.29, 1.82) is 0 Å². The van der Waals surface area contributed by atoms with Gasteiger partial charge in [-0.05, 0) is 36.8 Å². The van der Waals surface area contributed by atoms with E-state index < -0.39 is 11.5 Å². The van der Waals surface area contributed by atoms with Gasteiger partial charge in [-0.25, -0.2) is 4.79 Å². The topological polar surface area (TPSA) is 66.4 Å². The number of carbonyl (C=O) groups excluding carboxylic acids is 1. The summed E-state index contributed by atoms with van der Waals surface area (Å²) >= 11 is 0. The second kappa shape index (κ2) is 6.11. The van der Waals surface area contributed by atoms with Gasteiger partial charge in [0, 0.05) is 0 Å². The molecule has 0 bridgehead atoms. The molecule has 0 saturated heterocycles. The van der Waals surface area contributed by atoms with Gasteiger partial charge in [0.15, 0.2) is 0 Å². The van der Waals surface area contributed by atoms with Crippen LogP contribution in [0.1, 0.15) is 62.0 Å². The predicted molar refractivity (Wildman–Crippen MR) is 83.7 cm³/mol. The summed E-state index contributed by atoms with van der Waals surface area (Å²) < 4.78 is 0. The Morgan fingerprint density at radius 3 is 2.45 bits per heavy atom. The number of carboxylic acids is 1. The van der Waals surface area contributed by atoms with Crippen LogP contribution in [0.3, 0.4) is 0 Å². The van der Waals surface area contributed by atoms with Crippen molar-refractivity contribution in [3.63, 3.8) is 0 Å². The van der Waals surface area contributed by atoms with Crippen molar-refractivity contribution in [2.45, 2.75) is 62.8 Å². The third-order valence-electron chi connectivity index (χ3n) is 5.18. The molecule has 0 radical (unpaired) electrons. The first kappa shape index (κ1) is 15.1. The summed E-state index contributed by atoms with van der Waals surface area (Å²) in [5, 5.41) is 12.6. The zero-order chi connectivity index (χ0) is 15.6. The fourth-order valence-electron chi connectivity index (χ4n) is 3.88. The van der Waals surface area contributed by atoms with E-state index in [0.29, 0.717) is 12.8 Å². The Bertz CT molecular complexity index is 573. The van der Waals surface area contributed by atoms with Crippen molar-refractivity contribution < 1.29 is 14.7 Å². The van der Waals surface area contributed by atoms with E-state index in [0.717, 1.165) is 44.1 Å². The molecule has 1 aromatic carbocycles. The van der Waals surface area contributed by atoms with Crippen LogP contribution in [0, 0.1) is 0 Å². The summed E-state index contributed by atoms with van der Waals surface area (Å²) in [5.41, 5.74) is 1.22. The van der Waals surface area contributed by atoms with Gasteiger partial charge in [-0.1, -0.05) is 49.9 Å². The maximum absolute atomic E-state index is 12.7. The van der Waals surface area contributed by atoms with Gasteiger partial charge in [0.2, 0.25) is 5.91 Å². The van der Waals surface area contributed by atoms with E-state index in [2.05, 4.69) is 11.4 Å². The molecule has 0 aliphatic heterocycles. The lowest BCUT2D eigenvalue weighted by Crippen LogP contribution is -2.55. The molecule has 2 aliphatic carbocycles. The number of carboxylic acid groups (broad SMARTS) is 1. The van der Waals surface area contributed by atoms with Crippen molar-refractivity contribution in [2.75, 3.05) is 0 Å². The number of amides is 1. The SMILES string of the molecule is O=C(NC1(C(=O)O)CCCCCC1)C1CCc2ccccc21. The fourth-order valence-corrected chi connectivity index (χ4v) is 3.88. The summed E-state index contributed by atoms with van der Waals surface area (Å²) in [6.45, 7) is 0. The molecule has 2 aliphatic rings. The molecule has 1 aromatic rings. The minimum atomic E-state index is -1.06. The van der Waals surface area contributed by atoms with Crippen molar-refractivity contribution in [2.24, 2.45) is 0 Å². The monoisotopic (exact) mass is 301 g/mol. The van der Waals surface area contributed by atoms with Gasteiger partial charge in [0.05, 0.1) is 5.92 Å². The second-order valence-corrected chi connectivity index (χ2v) is 6.58. The van der Waals surface area contributed by atoms with Crippen LogP contribution < -0.4 is 5.32 Å². The molecule has 1 unspecified atom stereocenters. The summed E-state index contributed by atoms with van der Waals surface area (Å²) in [4.78, 5) is 24.5. The van der Waals surface area contributed by atoms with Crippen LogP contribution in [0.5, 0.6) is 0 Å². The van der Waals surface area contributed by atoms with Crippen molar-refractivity contribution in [1.82, 2.24) is 5.32 Å². The molecule has 0 spiro atoms. The van der Waals surface area contributed by atoms with E-state index in [9.17, 15) is 14.7 Å². The van der Waals surface area contributed by atoms with Gasteiger partial charge >= 0.3 is 5.97 Å². The van der Waals surface area contributed by atoms with Crippen molar-refractivity contribution in [3.8, 4) is 0 Å².